The Bertz CT molecular complexity index is 1200. The van der Waals surface area contributed by atoms with Crippen molar-refractivity contribution in [2.24, 2.45) is 0 Å². The van der Waals surface area contributed by atoms with Crippen molar-refractivity contribution in [3.63, 3.8) is 0 Å². The van der Waals surface area contributed by atoms with Gasteiger partial charge in [-0.25, -0.2) is 0 Å². The van der Waals surface area contributed by atoms with Crippen LogP contribution in [0.4, 0.5) is 5.69 Å². The van der Waals surface area contributed by atoms with Gasteiger partial charge in [0.05, 0.1) is 0 Å². The van der Waals surface area contributed by atoms with Crippen molar-refractivity contribution in [2.75, 3.05) is 5.32 Å². The van der Waals surface area contributed by atoms with Crippen LogP contribution in [0.2, 0.25) is 0 Å². The van der Waals surface area contributed by atoms with Crippen LogP contribution in [0.1, 0.15) is 21.5 Å². The fourth-order valence-electron chi connectivity index (χ4n) is 2.81. The van der Waals surface area contributed by atoms with Crippen LogP contribution in [0, 0.1) is 19.3 Å². The lowest BCUT2D eigenvalue weighted by Crippen LogP contribution is -2.11. The van der Waals surface area contributed by atoms with Gasteiger partial charge in [-0.1, -0.05) is 29.7 Å². The Morgan fingerprint density at radius 1 is 0.931 bits per heavy atom. The Morgan fingerprint density at radius 2 is 1.55 bits per heavy atom. The third kappa shape index (κ3) is 4.07. The molecule has 0 fully saturated rings. The Kier molecular flexibility index (Phi) is 4.91. The molecular formula is C24H17N3O2. The first kappa shape index (κ1) is 18.2. The molecule has 0 saturated heterocycles. The van der Waals surface area contributed by atoms with Crippen LogP contribution in [-0.2, 0) is 0 Å². The number of nitrogens with one attached hydrogen (secondary N) is 1. The summed E-state index contributed by atoms with van der Waals surface area (Å²) in [7, 11) is 0. The van der Waals surface area contributed by atoms with Crippen LogP contribution in [-0.4, -0.2) is 16.1 Å². The quantitative estimate of drug-likeness (QED) is 0.510. The van der Waals surface area contributed by atoms with Crippen molar-refractivity contribution in [2.45, 2.75) is 6.92 Å². The number of hydrogen-bond donors (Lipinski definition) is 1. The van der Waals surface area contributed by atoms with Crippen molar-refractivity contribution in [3.05, 3.63) is 89.5 Å². The summed E-state index contributed by atoms with van der Waals surface area (Å²) in [6.45, 7) is 2.02. The van der Waals surface area contributed by atoms with Gasteiger partial charge in [-0.2, -0.15) is 0 Å². The van der Waals surface area contributed by atoms with E-state index in [0.29, 0.717) is 28.6 Å². The molecule has 0 radical (unpaired) electrons. The van der Waals surface area contributed by atoms with Gasteiger partial charge < -0.3 is 9.73 Å². The molecule has 1 heterocycles. The van der Waals surface area contributed by atoms with E-state index < -0.39 is 0 Å². The minimum atomic E-state index is -0.225. The Balaban J connectivity index is 1.50. The highest BCUT2D eigenvalue weighted by Crippen LogP contribution is 2.24. The minimum absolute atomic E-state index is 0.225. The summed E-state index contributed by atoms with van der Waals surface area (Å²) >= 11 is 0. The van der Waals surface area contributed by atoms with Crippen molar-refractivity contribution in [1.82, 2.24) is 10.2 Å². The van der Waals surface area contributed by atoms with Crippen molar-refractivity contribution >= 4 is 11.6 Å². The van der Waals surface area contributed by atoms with Crippen LogP contribution in [0.3, 0.4) is 0 Å². The number of anilines is 1. The first-order chi connectivity index (χ1) is 14.1. The molecule has 0 bridgehead atoms. The maximum atomic E-state index is 12.5. The number of rotatable bonds is 4. The SMILES string of the molecule is C#Cc1cccc(NC(=O)c2ccc(-c3nnc(-c4ccc(C)cc4)o3)cc2)c1. The molecule has 0 unspecified atom stereocenters. The fraction of sp³-hybridized carbons (Fsp3) is 0.0417. The number of carbonyl (C=O) groups excluding carboxylic acids is 1. The zero-order valence-electron chi connectivity index (χ0n) is 15.7. The van der Waals surface area contributed by atoms with Gasteiger partial charge in [0.25, 0.3) is 5.91 Å². The van der Waals surface area contributed by atoms with Gasteiger partial charge in [0.1, 0.15) is 0 Å². The molecule has 1 N–H and O–H groups in total. The van der Waals surface area contributed by atoms with Crippen LogP contribution in [0.5, 0.6) is 0 Å². The standard InChI is InChI=1S/C24H17N3O2/c1-3-17-5-4-6-21(15-17)25-22(28)18-11-13-20(14-12-18)24-27-26-23(29-24)19-9-7-16(2)8-10-19/h1,4-15H,2H3,(H,25,28). The maximum absolute atomic E-state index is 12.5. The molecule has 0 spiro atoms. The van der Waals surface area contributed by atoms with E-state index in [-0.39, 0.29) is 5.91 Å². The molecule has 4 rings (SSSR count). The normalized spacial score (nSPS) is 10.3. The van der Waals surface area contributed by atoms with E-state index in [1.54, 1.807) is 48.5 Å². The van der Waals surface area contributed by atoms with E-state index >= 15 is 0 Å². The lowest BCUT2D eigenvalue weighted by atomic mass is 10.1. The zero-order chi connectivity index (χ0) is 20.2. The molecule has 0 aliphatic rings. The van der Waals surface area contributed by atoms with Crippen LogP contribution >= 0.6 is 0 Å². The number of benzene rings is 3. The molecule has 140 valence electrons. The lowest BCUT2D eigenvalue weighted by molar-refractivity contribution is 0.102. The molecule has 29 heavy (non-hydrogen) atoms. The van der Waals surface area contributed by atoms with Gasteiger partial charge in [0, 0.05) is 27.9 Å². The summed E-state index contributed by atoms with van der Waals surface area (Å²) in [5.41, 5.74) is 4.63. The van der Waals surface area contributed by atoms with E-state index in [4.69, 9.17) is 10.8 Å². The predicted octanol–water partition coefficient (Wildman–Crippen LogP) is 4.95. The number of hydrogen-bond acceptors (Lipinski definition) is 4. The molecular weight excluding hydrogens is 362 g/mol. The minimum Gasteiger partial charge on any atom is -0.416 e. The number of nitrogens with zero attached hydrogens (tertiary/aromatic N) is 2. The van der Waals surface area contributed by atoms with Gasteiger partial charge in [-0.15, -0.1) is 16.6 Å². The molecule has 5 nitrogen and oxygen atoms in total. The lowest BCUT2D eigenvalue weighted by Gasteiger charge is -2.06. The van der Waals surface area contributed by atoms with E-state index in [9.17, 15) is 4.79 Å². The highest BCUT2D eigenvalue weighted by molar-refractivity contribution is 6.04. The Morgan fingerprint density at radius 3 is 2.17 bits per heavy atom. The average molecular weight is 379 g/mol. The summed E-state index contributed by atoms with van der Waals surface area (Å²) in [5.74, 6) is 3.17. The molecule has 0 atom stereocenters. The summed E-state index contributed by atoms with van der Waals surface area (Å²) in [4.78, 5) is 12.5. The second-order valence-corrected chi connectivity index (χ2v) is 6.54. The van der Waals surface area contributed by atoms with Crippen LogP contribution in [0.25, 0.3) is 22.9 Å². The molecule has 0 aliphatic heterocycles. The van der Waals surface area contributed by atoms with E-state index in [0.717, 1.165) is 16.7 Å². The number of aromatic nitrogens is 2. The van der Waals surface area contributed by atoms with Gasteiger partial charge >= 0.3 is 0 Å². The van der Waals surface area contributed by atoms with Crippen molar-refractivity contribution in [1.29, 1.82) is 0 Å². The van der Waals surface area contributed by atoms with Gasteiger partial charge in [-0.05, 0) is 61.5 Å². The molecule has 1 aromatic heterocycles. The first-order valence-corrected chi connectivity index (χ1v) is 9.01. The van der Waals surface area contributed by atoms with Crippen molar-refractivity contribution < 1.29 is 9.21 Å². The van der Waals surface area contributed by atoms with Gasteiger partial charge in [0.15, 0.2) is 0 Å². The molecule has 4 aromatic rings. The maximum Gasteiger partial charge on any atom is 0.255 e. The molecule has 3 aromatic carbocycles. The summed E-state index contributed by atoms with van der Waals surface area (Å²) in [5, 5.41) is 11.1. The van der Waals surface area contributed by atoms with Crippen molar-refractivity contribution in [3.8, 4) is 35.3 Å². The summed E-state index contributed by atoms with van der Waals surface area (Å²) in [6.07, 6.45) is 5.40. The summed E-state index contributed by atoms with van der Waals surface area (Å²) < 4.78 is 5.78. The van der Waals surface area contributed by atoms with E-state index in [1.165, 1.54) is 0 Å². The molecule has 0 saturated carbocycles. The molecule has 1 amide bonds. The fourth-order valence-corrected chi connectivity index (χ4v) is 2.81. The van der Waals surface area contributed by atoms with Gasteiger partial charge in [-0.3, -0.25) is 4.79 Å². The topological polar surface area (TPSA) is 68.0 Å². The zero-order valence-corrected chi connectivity index (χ0v) is 15.7. The highest BCUT2D eigenvalue weighted by atomic mass is 16.4. The second kappa shape index (κ2) is 7.83. The Labute approximate surface area is 168 Å². The first-order valence-electron chi connectivity index (χ1n) is 9.01. The average Bonchev–Trinajstić information content (AvgIpc) is 3.25. The number of carbonyl (C=O) groups is 1. The number of terminal acetylenes is 1. The van der Waals surface area contributed by atoms with Crippen LogP contribution in [0.15, 0.2) is 77.2 Å². The molecule has 5 heteroatoms. The van der Waals surface area contributed by atoms with Crippen LogP contribution < -0.4 is 5.32 Å². The number of aryl methyl sites for hydroxylation is 1. The monoisotopic (exact) mass is 379 g/mol. The highest BCUT2D eigenvalue weighted by Gasteiger charge is 2.12. The largest absolute Gasteiger partial charge is 0.416 e. The third-order valence-corrected chi connectivity index (χ3v) is 4.40. The molecule has 0 aliphatic carbocycles. The van der Waals surface area contributed by atoms with E-state index in [2.05, 4.69) is 21.4 Å². The third-order valence-electron chi connectivity index (χ3n) is 4.40. The van der Waals surface area contributed by atoms with Gasteiger partial charge in [0.2, 0.25) is 11.8 Å². The number of amides is 1. The Hall–Kier alpha value is -4.17. The second-order valence-electron chi connectivity index (χ2n) is 6.54. The van der Waals surface area contributed by atoms with E-state index in [1.807, 2.05) is 31.2 Å². The smallest absolute Gasteiger partial charge is 0.255 e. The predicted molar refractivity (Wildman–Crippen MR) is 112 cm³/mol. The summed E-state index contributed by atoms with van der Waals surface area (Å²) in [6, 6.07) is 22.0.